The Kier molecular flexibility index (Phi) is 5.17. The molecular formula is C16H22N6O2. The summed E-state index contributed by atoms with van der Waals surface area (Å²) < 4.78 is 6.67. The van der Waals surface area contributed by atoms with Gasteiger partial charge in [0.05, 0.1) is 12.2 Å². The van der Waals surface area contributed by atoms with Crippen LogP contribution in [0.1, 0.15) is 11.4 Å². The summed E-state index contributed by atoms with van der Waals surface area (Å²) in [6.07, 6.45) is 0. The van der Waals surface area contributed by atoms with Gasteiger partial charge in [0.2, 0.25) is 5.91 Å². The Morgan fingerprint density at radius 3 is 2.54 bits per heavy atom. The van der Waals surface area contributed by atoms with Crippen LogP contribution >= 0.6 is 0 Å². The molecule has 128 valence electrons. The number of ether oxygens (including phenoxy) is 1. The molecule has 3 rings (SSSR count). The molecule has 2 aromatic rings. The van der Waals surface area contributed by atoms with Gasteiger partial charge in [-0.1, -0.05) is 17.7 Å². The van der Waals surface area contributed by atoms with Gasteiger partial charge in [-0.2, -0.15) is 4.68 Å². The number of carbonyl (C=O) groups excluding carboxylic acids is 1. The van der Waals surface area contributed by atoms with Crippen LogP contribution in [0, 0.1) is 6.92 Å². The van der Waals surface area contributed by atoms with Crippen LogP contribution in [-0.4, -0.2) is 75.8 Å². The van der Waals surface area contributed by atoms with E-state index in [2.05, 4.69) is 27.3 Å². The fraction of sp³-hybridized carbons (Fsp3) is 0.500. The minimum absolute atomic E-state index is 0.0432. The second-order valence-electron chi connectivity index (χ2n) is 5.93. The molecule has 1 aliphatic heterocycles. The Hall–Kier alpha value is -2.32. The molecule has 0 radical (unpaired) electrons. The zero-order chi connectivity index (χ0) is 16.9. The molecule has 24 heavy (non-hydrogen) atoms. The minimum atomic E-state index is 0.0432. The molecule has 1 saturated heterocycles. The predicted molar refractivity (Wildman–Crippen MR) is 87.6 cm³/mol. The van der Waals surface area contributed by atoms with Crippen LogP contribution in [0.4, 0.5) is 0 Å². The van der Waals surface area contributed by atoms with Gasteiger partial charge in [-0.25, -0.2) is 0 Å². The van der Waals surface area contributed by atoms with Crippen molar-refractivity contribution in [3.05, 3.63) is 35.7 Å². The third kappa shape index (κ3) is 3.77. The smallest absolute Gasteiger partial charge is 0.248 e. The number of hydrogen-bond acceptors (Lipinski definition) is 6. The van der Waals surface area contributed by atoms with E-state index in [1.165, 1.54) is 5.56 Å². The average molecular weight is 330 g/mol. The molecular weight excluding hydrogens is 308 g/mol. The van der Waals surface area contributed by atoms with Crippen LogP contribution in [0.15, 0.2) is 24.3 Å². The van der Waals surface area contributed by atoms with Crippen LogP contribution in [0.2, 0.25) is 0 Å². The van der Waals surface area contributed by atoms with E-state index < -0.39 is 0 Å². The normalized spacial score (nSPS) is 15.7. The van der Waals surface area contributed by atoms with Crippen LogP contribution in [0.25, 0.3) is 5.69 Å². The molecule has 0 bridgehead atoms. The van der Waals surface area contributed by atoms with E-state index in [1.54, 1.807) is 11.8 Å². The first kappa shape index (κ1) is 16.5. The first-order valence-electron chi connectivity index (χ1n) is 8.01. The van der Waals surface area contributed by atoms with Gasteiger partial charge in [0.25, 0.3) is 0 Å². The summed E-state index contributed by atoms with van der Waals surface area (Å²) >= 11 is 0. The van der Waals surface area contributed by atoms with Crippen molar-refractivity contribution in [1.29, 1.82) is 0 Å². The summed E-state index contributed by atoms with van der Waals surface area (Å²) in [5.41, 5.74) is 2.15. The standard InChI is InChI=1S/C16H22N6O2/c1-13-3-5-14(6-4-13)22-15(17-18-19-22)11-20-7-9-21(10-8-20)16(23)12-24-2/h3-6H,7-12H2,1-2H3. The van der Waals surface area contributed by atoms with E-state index in [4.69, 9.17) is 4.74 Å². The monoisotopic (exact) mass is 330 g/mol. The third-order valence-electron chi connectivity index (χ3n) is 4.17. The van der Waals surface area contributed by atoms with Crippen molar-refractivity contribution in [2.24, 2.45) is 0 Å². The number of carbonyl (C=O) groups is 1. The molecule has 0 atom stereocenters. The fourth-order valence-corrected chi connectivity index (χ4v) is 2.76. The number of hydrogen-bond donors (Lipinski definition) is 0. The maximum atomic E-state index is 11.8. The van der Waals surface area contributed by atoms with Crippen molar-refractivity contribution in [3.8, 4) is 5.69 Å². The third-order valence-corrected chi connectivity index (χ3v) is 4.17. The van der Waals surface area contributed by atoms with E-state index in [0.717, 1.165) is 24.6 Å². The SMILES string of the molecule is COCC(=O)N1CCN(Cc2nnnn2-c2ccc(C)cc2)CC1. The van der Waals surface area contributed by atoms with E-state index in [0.29, 0.717) is 19.6 Å². The number of benzene rings is 1. The van der Waals surface area contributed by atoms with E-state index in [-0.39, 0.29) is 12.5 Å². The molecule has 1 aromatic heterocycles. The first-order chi connectivity index (χ1) is 11.7. The zero-order valence-corrected chi connectivity index (χ0v) is 14.1. The van der Waals surface area contributed by atoms with E-state index in [9.17, 15) is 4.79 Å². The number of aryl methyl sites for hydroxylation is 1. The summed E-state index contributed by atoms with van der Waals surface area (Å²) in [6, 6.07) is 8.11. The number of tetrazole rings is 1. The molecule has 1 aliphatic rings. The molecule has 1 amide bonds. The molecule has 2 heterocycles. The van der Waals surface area contributed by atoms with Gasteiger partial charge in [0.15, 0.2) is 5.82 Å². The Bertz CT molecular complexity index is 676. The van der Waals surface area contributed by atoms with Gasteiger partial charge in [-0.05, 0) is 29.5 Å². The van der Waals surface area contributed by atoms with Gasteiger partial charge < -0.3 is 9.64 Å². The summed E-state index contributed by atoms with van der Waals surface area (Å²) in [7, 11) is 1.54. The highest BCUT2D eigenvalue weighted by atomic mass is 16.5. The van der Waals surface area contributed by atoms with Crippen molar-refractivity contribution in [2.45, 2.75) is 13.5 Å². The highest BCUT2D eigenvalue weighted by Gasteiger charge is 2.22. The van der Waals surface area contributed by atoms with Crippen LogP contribution in [-0.2, 0) is 16.1 Å². The molecule has 1 aromatic carbocycles. The lowest BCUT2D eigenvalue weighted by atomic mass is 10.2. The van der Waals surface area contributed by atoms with Gasteiger partial charge >= 0.3 is 0 Å². The lowest BCUT2D eigenvalue weighted by molar-refractivity contribution is -0.136. The van der Waals surface area contributed by atoms with E-state index >= 15 is 0 Å². The second-order valence-corrected chi connectivity index (χ2v) is 5.93. The molecule has 0 N–H and O–H groups in total. The molecule has 0 saturated carbocycles. The summed E-state index contributed by atoms with van der Waals surface area (Å²) in [5, 5.41) is 12.1. The maximum absolute atomic E-state index is 11.8. The molecule has 1 fully saturated rings. The number of amides is 1. The van der Waals surface area contributed by atoms with Crippen molar-refractivity contribution in [1.82, 2.24) is 30.0 Å². The Labute approximate surface area is 141 Å². The van der Waals surface area contributed by atoms with Gasteiger partial charge in [-0.15, -0.1) is 5.10 Å². The van der Waals surface area contributed by atoms with Crippen molar-refractivity contribution in [3.63, 3.8) is 0 Å². The molecule has 0 unspecified atom stereocenters. The molecule has 8 heteroatoms. The Morgan fingerprint density at radius 2 is 1.88 bits per heavy atom. The van der Waals surface area contributed by atoms with Crippen LogP contribution in [0.3, 0.4) is 0 Å². The minimum Gasteiger partial charge on any atom is -0.375 e. The average Bonchev–Trinajstić information content (AvgIpc) is 3.04. The van der Waals surface area contributed by atoms with Crippen LogP contribution in [0.5, 0.6) is 0 Å². The predicted octanol–water partition coefficient (Wildman–Crippen LogP) is 0.261. The van der Waals surface area contributed by atoms with Crippen LogP contribution < -0.4 is 0 Å². The van der Waals surface area contributed by atoms with E-state index in [1.807, 2.05) is 29.2 Å². The number of aromatic nitrogens is 4. The molecule has 0 aliphatic carbocycles. The van der Waals surface area contributed by atoms with Crippen molar-refractivity contribution < 1.29 is 9.53 Å². The summed E-state index contributed by atoms with van der Waals surface area (Å²) in [5.74, 6) is 0.845. The topological polar surface area (TPSA) is 76.4 Å². The zero-order valence-electron chi connectivity index (χ0n) is 14.1. The maximum Gasteiger partial charge on any atom is 0.248 e. The highest BCUT2D eigenvalue weighted by molar-refractivity contribution is 5.77. The number of methoxy groups -OCH3 is 1. The van der Waals surface area contributed by atoms with Gasteiger partial charge in [0, 0.05) is 33.3 Å². The lowest BCUT2D eigenvalue weighted by Crippen LogP contribution is -2.49. The Morgan fingerprint density at radius 1 is 1.17 bits per heavy atom. The first-order valence-corrected chi connectivity index (χ1v) is 8.01. The highest BCUT2D eigenvalue weighted by Crippen LogP contribution is 2.12. The van der Waals surface area contributed by atoms with Gasteiger partial charge in [0.1, 0.15) is 6.61 Å². The fourth-order valence-electron chi connectivity index (χ4n) is 2.76. The number of rotatable bonds is 5. The number of piperazine rings is 1. The van der Waals surface area contributed by atoms with Crippen molar-refractivity contribution >= 4 is 5.91 Å². The summed E-state index contributed by atoms with van der Waals surface area (Å²) in [4.78, 5) is 15.9. The second kappa shape index (κ2) is 7.50. The summed E-state index contributed by atoms with van der Waals surface area (Å²) in [6.45, 7) is 5.86. The Balaban J connectivity index is 1.61. The molecule has 8 nitrogen and oxygen atoms in total. The lowest BCUT2D eigenvalue weighted by Gasteiger charge is -2.34. The van der Waals surface area contributed by atoms with Crippen molar-refractivity contribution in [2.75, 3.05) is 39.9 Å². The largest absolute Gasteiger partial charge is 0.375 e. The quantitative estimate of drug-likeness (QED) is 0.783. The number of nitrogens with zero attached hydrogens (tertiary/aromatic N) is 6. The van der Waals surface area contributed by atoms with Gasteiger partial charge in [-0.3, -0.25) is 9.69 Å². The molecule has 0 spiro atoms.